The third-order valence-electron chi connectivity index (χ3n) is 2.73. The molecule has 3 nitrogen and oxygen atoms in total. The van der Waals surface area contributed by atoms with Crippen LogP contribution >= 0.6 is 0 Å². The highest BCUT2D eigenvalue weighted by atomic mass is 16.5. The van der Waals surface area contributed by atoms with Gasteiger partial charge in [0.2, 0.25) is 0 Å². The van der Waals surface area contributed by atoms with Gasteiger partial charge in [-0.1, -0.05) is 19.1 Å². The summed E-state index contributed by atoms with van der Waals surface area (Å²) in [6.45, 7) is 1.85. The molecule has 0 spiro atoms. The quantitative estimate of drug-likeness (QED) is 0.595. The zero-order chi connectivity index (χ0) is 13.4. The van der Waals surface area contributed by atoms with Gasteiger partial charge in [-0.05, 0) is 43.0 Å². The summed E-state index contributed by atoms with van der Waals surface area (Å²) in [5, 5.41) is 9.62. The summed E-state index contributed by atoms with van der Waals surface area (Å²) in [6, 6.07) is 5.43. The summed E-state index contributed by atoms with van der Waals surface area (Å²) in [7, 11) is 1.53. The van der Waals surface area contributed by atoms with Gasteiger partial charge in [-0.3, -0.25) is 4.79 Å². The Balaban J connectivity index is 2.38. The number of benzene rings is 1. The first-order valence-electron chi connectivity index (χ1n) is 6.22. The van der Waals surface area contributed by atoms with E-state index < -0.39 is 0 Å². The Kier molecular flexibility index (Phi) is 5.98. The lowest BCUT2D eigenvalue weighted by Crippen LogP contribution is -1.89. The van der Waals surface area contributed by atoms with Gasteiger partial charge >= 0.3 is 0 Å². The van der Waals surface area contributed by atoms with E-state index in [1.54, 1.807) is 18.2 Å². The van der Waals surface area contributed by atoms with Crippen molar-refractivity contribution in [2.24, 2.45) is 0 Å². The molecule has 0 fully saturated rings. The van der Waals surface area contributed by atoms with Crippen LogP contribution in [0.2, 0.25) is 0 Å². The number of hydrogen-bond acceptors (Lipinski definition) is 3. The SMILES string of the molecule is CCC(=O)C=CCCCc1ccc(OC)c(O)c1. The largest absolute Gasteiger partial charge is 0.504 e. The Morgan fingerprint density at radius 3 is 2.83 bits per heavy atom. The molecule has 0 aliphatic heterocycles. The highest BCUT2D eigenvalue weighted by molar-refractivity contribution is 5.89. The van der Waals surface area contributed by atoms with Crippen LogP contribution in [-0.4, -0.2) is 18.0 Å². The van der Waals surface area contributed by atoms with E-state index in [0.717, 1.165) is 24.8 Å². The second kappa shape index (κ2) is 7.54. The van der Waals surface area contributed by atoms with Crippen LogP contribution in [0, 0.1) is 0 Å². The molecular formula is C15H20O3. The first kappa shape index (κ1) is 14.3. The Labute approximate surface area is 108 Å². The van der Waals surface area contributed by atoms with Crippen LogP contribution in [0.3, 0.4) is 0 Å². The zero-order valence-electron chi connectivity index (χ0n) is 11.0. The number of phenols is 1. The molecule has 1 N–H and O–H groups in total. The molecule has 0 aliphatic rings. The van der Waals surface area contributed by atoms with Crippen molar-refractivity contribution in [3.63, 3.8) is 0 Å². The maximum atomic E-state index is 11.0. The predicted octanol–water partition coefficient (Wildman–Crippen LogP) is 3.26. The van der Waals surface area contributed by atoms with Crippen LogP contribution in [0.25, 0.3) is 0 Å². The average Bonchev–Trinajstić information content (AvgIpc) is 2.38. The molecular weight excluding hydrogens is 228 g/mol. The minimum absolute atomic E-state index is 0.164. The van der Waals surface area contributed by atoms with Gasteiger partial charge in [0, 0.05) is 6.42 Å². The average molecular weight is 248 g/mol. The number of hydrogen-bond donors (Lipinski definition) is 1. The summed E-state index contributed by atoms with van der Waals surface area (Å²) in [5.41, 5.74) is 1.07. The van der Waals surface area contributed by atoms with Crippen molar-refractivity contribution in [1.82, 2.24) is 0 Å². The number of aromatic hydroxyl groups is 1. The van der Waals surface area contributed by atoms with Gasteiger partial charge in [0.05, 0.1) is 7.11 Å². The monoisotopic (exact) mass is 248 g/mol. The number of ketones is 1. The van der Waals surface area contributed by atoms with Crippen LogP contribution in [0.5, 0.6) is 11.5 Å². The van der Waals surface area contributed by atoms with Crippen molar-refractivity contribution in [3.8, 4) is 11.5 Å². The fraction of sp³-hybridized carbons (Fsp3) is 0.400. The summed E-state index contributed by atoms with van der Waals surface area (Å²) < 4.78 is 4.98. The fourth-order valence-corrected chi connectivity index (χ4v) is 1.65. The molecule has 1 aromatic rings. The van der Waals surface area contributed by atoms with Crippen molar-refractivity contribution in [2.75, 3.05) is 7.11 Å². The Morgan fingerprint density at radius 2 is 2.22 bits per heavy atom. The molecule has 0 aromatic heterocycles. The van der Waals surface area contributed by atoms with Crippen molar-refractivity contribution < 1.29 is 14.6 Å². The number of ether oxygens (including phenoxy) is 1. The van der Waals surface area contributed by atoms with E-state index in [-0.39, 0.29) is 11.5 Å². The lowest BCUT2D eigenvalue weighted by Gasteiger charge is -2.05. The molecule has 18 heavy (non-hydrogen) atoms. The molecule has 98 valence electrons. The minimum Gasteiger partial charge on any atom is -0.504 e. The lowest BCUT2D eigenvalue weighted by molar-refractivity contribution is -0.114. The number of unbranched alkanes of at least 4 members (excludes halogenated alkanes) is 1. The maximum Gasteiger partial charge on any atom is 0.160 e. The van der Waals surface area contributed by atoms with E-state index in [2.05, 4.69) is 0 Å². The molecule has 1 rings (SSSR count). The number of rotatable bonds is 7. The van der Waals surface area contributed by atoms with E-state index in [9.17, 15) is 9.90 Å². The van der Waals surface area contributed by atoms with E-state index >= 15 is 0 Å². The molecule has 0 saturated heterocycles. The van der Waals surface area contributed by atoms with Crippen LogP contribution in [0.4, 0.5) is 0 Å². The second-order valence-electron chi connectivity index (χ2n) is 4.12. The highest BCUT2D eigenvalue weighted by Crippen LogP contribution is 2.26. The zero-order valence-corrected chi connectivity index (χ0v) is 11.0. The topological polar surface area (TPSA) is 46.5 Å². The second-order valence-corrected chi connectivity index (χ2v) is 4.12. The number of phenolic OH excluding ortho intramolecular Hbond substituents is 1. The molecule has 0 radical (unpaired) electrons. The van der Waals surface area contributed by atoms with Gasteiger partial charge < -0.3 is 9.84 Å². The van der Waals surface area contributed by atoms with Crippen LogP contribution in [0.1, 0.15) is 31.7 Å². The molecule has 0 aliphatic carbocycles. The lowest BCUT2D eigenvalue weighted by atomic mass is 10.1. The normalized spacial score (nSPS) is 10.8. The molecule has 0 amide bonds. The molecule has 0 heterocycles. The van der Waals surface area contributed by atoms with Crippen molar-refractivity contribution in [1.29, 1.82) is 0 Å². The van der Waals surface area contributed by atoms with Gasteiger partial charge in [0.1, 0.15) is 0 Å². The van der Waals surface area contributed by atoms with Gasteiger partial charge in [0.25, 0.3) is 0 Å². The van der Waals surface area contributed by atoms with E-state index in [1.807, 2.05) is 19.1 Å². The van der Waals surface area contributed by atoms with E-state index in [1.165, 1.54) is 7.11 Å². The smallest absolute Gasteiger partial charge is 0.160 e. The third kappa shape index (κ3) is 4.62. The Morgan fingerprint density at radius 1 is 1.44 bits per heavy atom. The Bertz CT molecular complexity index is 422. The number of aryl methyl sites for hydroxylation is 1. The maximum absolute atomic E-state index is 11.0. The molecule has 0 unspecified atom stereocenters. The summed E-state index contributed by atoms with van der Waals surface area (Å²) in [4.78, 5) is 11.0. The van der Waals surface area contributed by atoms with Crippen molar-refractivity contribution in [2.45, 2.75) is 32.6 Å². The van der Waals surface area contributed by atoms with Crippen LogP contribution < -0.4 is 4.74 Å². The standard InChI is InChI=1S/C15H20O3/c1-3-13(16)8-6-4-5-7-12-9-10-15(18-2)14(17)11-12/h6,8-11,17H,3-5,7H2,1-2H3. The van der Waals surface area contributed by atoms with Gasteiger partial charge in [-0.15, -0.1) is 0 Å². The Hall–Kier alpha value is -1.77. The summed E-state index contributed by atoms with van der Waals surface area (Å²) in [5.74, 6) is 0.830. The van der Waals surface area contributed by atoms with Gasteiger partial charge in [-0.25, -0.2) is 0 Å². The summed E-state index contributed by atoms with van der Waals surface area (Å²) in [6.07, 6.45) is 6.82. The molecule has 0 saturated carbocycles. The first-order valence-corrected chi connectivity index (χ1v) is 6.22. The van der Waals surface area contributed by atoms with Crippen LogP contribution in [-0.2, 0) is 11.2 Å². The van der Waals surface area contributed by atoms with Crippen molar-refractivity contribution >= 4 is 5.78 Å². The number of carbonyl (C=O) groups excluding carboxylic acids is 1. The van der Waals surface area contributed by atoms with E-state index in [4.69, 9.17) is 4.74 Å². The number of carbonyl (C=O) groups is 1. The third-order valence-corrected chi connectivity index (χ3v) is 2.73. The first-order chi connectivity index (χ1) is 8.67. The summed E-state index contributed by atoms with van der Waals surface area (Å²) >= 11 is 0. The van der Waals surface area contributed by atoms with Gasteiger partial charge in [0.15, 0.2) is 17.3 Å². The fourth-order valence-electron chi connectivity index (χ4n) is 1.65. The molecule has 1 aromatic carbocycles. The van der Waals surface area contributed by atoms with Crippen LogP contribution in [0.15, 0.2) is 30.4 Å². The van der Waals surface area contributed by atoms with Gasteiger partial charge in [-0.2, -0.15) is 0 Å². The predicted molar refractivity (Wildman–Crippen MR) is 72.0 cm³/mol. The van der Waals surface area contributed by atoms with E-state index in [0.29, 0.717) is 12.2 Å². The minimum atomic E-state index is 0.164. The molecule has 0 atom stereocenters. The highest BCUT2D eigenvalue weighted by Gasteiger charge is 2.01. The number of allylic oxidation sites excluding steroid dienone is 2. The molecule has 0 bridgehead atoms. The molecule has 3 heteroatoms. The van der Waals surface area contributed by atoms with Crippen molar-refractivity contribution in [3.05, 3.63) is 35.9 Å². The number of methoxy groups -OCH3 is 1.